The van der Waals surface area contributed by atoms with Crippen LogP contribution in [0.2, 0.25) is 0 Å². The first-order valence-corrected chi connectivity index (χ1v) is 8.62. The van der Waals surface area contributed by atoms with E-state index in [0.29, 0.717) is 0 Å². The van der Waals surface area contributed by atoms with Crippen LogP contribution in [0.25, 0.3) is 11.0 Å². The van der Waals surface area contributed by atoms with Gasteiger partial charge in [-0.05, 0) is 38.8 Å². The van der Waals surface area contributed by atoms with Crippen LogP contribution in [0.4, 0.5) is 0 Å². The molecule has 3 rings (SSSR count). The van der Waals surface area contributed by atoms with Crippen LogP contribution in [-0.2, 0) is 11.3 Å². The molecule has 0 spiro atoms. The fraction of sp³-hybridized carbons (Fsp3) is 0.556. The summed E-state index contributed by atoms with van der Waals surface area (Å²) >= 11 is 0. The second kappa shape index (κ2) is 8.84. The van der Waals surface area contributed by atoms with Gasteiger partial charge in [0.25, 0.3) is 0 Å². The first kappa shape index (κ1) is 20.0. The van der Waals surface area contributed by atoms with Gasteiger partial charge in [-0.1, -0.05) is 12.1 Å². The molecule has 1 saturated heterocycles. The number of hydrogen-bond acceptors (Lipinski definition) is 3. The summed E-state index contributed by atoms with van der Waals surface area (Å²) < 4.78 is 8.04. The Hall–Kier alpha value is -1.35. The molecule has 1 aromatic heterocycles. The third-order valence-electron chi connectivity index (χ3n) is 4.63. The molecule has 0 bridgehead atoms. The number of aromatic nitrogens is 2. The average Bonchev–Trinajstić information content (AvgIpc) is 3.15. The van der Waals surface area contributed by atoms with Crippen molar-refractivity contribution in [2.75, 3.05) is 26.7 Å². The van der Waals surface area contributed by atoms with Crippen molar-refractivity contribution >= 4 is 41.0 Å². The normalized spacial score (nSPS) is 20.5. The zero-order valence-electron chi connectivity index (χ0n) is 15.2. The fourth-order valence-corrected chi connectivity index (χ4v) is 3.23. The molecule has 6 nitrogen and oxygen atoms in total. The maximum Gasteiger partial charge on any atom is 0.191 e. The predicted molar refractivity (Wildman–Crippen MR) is 113 cm³/mol. The van der Waals surface area contributed by atoms with Gasteiger partial charge in [0.15, 0.2) is 5.96 Å². The maximum absolute atomic E-state index is 5.80. The summed E-state index contributed by atoms with van der Waals surface area (Å²) in [4.78, 5) is 8.90. The Labute approximate surface area is 166 Å². The van der Waals surface area contributed by atoms with Crippen LogP contribution in [0.5, 0.6) is 0 Å². The van der Waals surface area contributed by atoms with Crippen molar-refractivity contribution in [3.8, 4) is 0 Å². The summed E-state index contributed by atoms with van der Waals surface area (Å²) in [6, 6.07) is 8.24. The minimum absolute atomic E-state index is 0. The molecule has 1 unspecified atom stereocenters. The number of fused-ring (bicyclic) bond motifs is 1. The molecule has 25 heavy (non-hydrogen) atoms. The van der Waals surface area contributed by atoms with Crippen LogP contribution in [-0.4, -0.2) is 47.9 Å². The van der Waals surface area contributed by atoms with Gasteiger partial charge >= 0.3 is 0 Å². The summed E-state index contributed by atoms with van der Waals surface area (Å²) in [5.41, 5.74) is 2.14. The van der Waals surface area contributed by atoms with E-state index in [2.05, 4.69) is 50.3 Å². The predicted octanol–water partition coefficient (Wildman–Crippen LogP) is 2.70. The Morgan fingerprint density at radius 2 is 2.16 bits per heavy atom. The molecule has 0 saturated carbocycles. The third-order valence-corrected chi connectivity index (χ3v) is 4.63. The van der Waals surface area contributed by atoms with Crippen molar-refractivity contribution in [1.82, 2.24) is 20.2 Å². The van der Waals surface area contributed by atoms with Crippen LogP contribution in [0.1, 0.15) is 25.6 Å². The number of aryl methyl sites for hydroxylation is 1. The molecule has 0 aliphatic carbocycles. The van der Waals surface area contributed by atoms with Crippen LogP contribution < -0.4 is 10.6 Å². The summed E-state index contributed by atoms with van der Waals surface area (Å²) in [6.07, 6.45) is 2.23. The van der Waals surface area contributed by atoms with Crippen LogP contribution >= 0.6 is 24.0 Å². The third kappa shape index (κ3) is 4.84. The molecule has 1 atom stereocenters. The number of para-hydroxylation sites is 2. The van der Waals surface area contributed by atoms with Crippen LogP contribution in [0.15, 0.2) is 29.3 Å². The maximum atomic E-state index is 5.80. The second-order valence-electron chi connectivity index (χ2n) is 6.55. The van der Waals surface area contributed by atoms with Crippen LogP contribution in [0, 0.1) is 6.92 Å². The molecular weight excluding hydrogens is 429 g/mol. The second-order valence-corrected chi connectivity index (χ2v) is 6.55. The molecule has 2 aromatic rings. The van der Waals surface area contributed by atoms with Crippen molar-refractivity contribution < 1.29 is 4.74 Å². The van der Waals surface area contributed by atoms with Gasteiger partial charge in [0.2, 0.25) is 0 Å². The quantitative estimate of drug-likeness (QED) is 0.412. The molecule has 2 N–H and O–H groups in total. The van der Waals surface area contributed by atoms with Crippen molar-refractivity contribution in [1.29, 1.82) is 0 Å². The van der Waals surface area contributed by atoms with Gasteiger partial charge in [0, 0.05) is 33.3 Å². The minimum atomic E-state index is -0.0746. The number of halogens is 1. The van der Waals surface area contributed by atoms with Crippen molar-refractivity contribution in [3.63, 3.8) is 0 Å². The van der Waals surface area contributed by atoms with E-state index in [1.807, 2.05) is 13.0 Å². The first-order valence-electron chi connectivity index (χ1n) is 8.62. The fourth-order valence-electron chi connectivity index (χ4n) is 3.23. The first-order chi connectivity index (χ1) is 11.6. The van der Waals surface area contributed by atoms with Gasteiger partial charge < -0.3 is 19.9 Å². The molecule has 1 aromatic carbocycles. The van der Waals surface area contributed by atoms with Gasteiger partial charge in [-0.15, -0.1) is 24.0 Å². The number of nitrogens with zero attached hydrogens (tertiary/aromatic N) is 3. The molecule has 138 valence electrons. The Bertz CT molecular complexity index is 721. The largest absolute Gasteiger partial charge is 0.373 e. The van der Waals surface area contributed by atoms with E-state index >= 15 is 0 Å². The zero-order chi connectivity index (χ0) is 17.0. The molecule has 2 heterocycles. The van der Waals surface area contributed by atoms with E-state index in [9.17, 15) is 0 Å². The zero-order valence-corrected chi connectivity index (χ0v) is 17.5. The molecular formula is C18H28IN5O. The van der Waals surface area contributed by atoms with Gasteiger partial charge in [0.05, 0.1) is 16.6 Å². The number of hydrogen-bond donors (Lipinski definition) is 2. The number of benzene rings is 1. The summed E-state index contributed by atoms with van der Waals surface area (Å²) in [7, 11) is 1.80. The number of aliphatic imine (C=N–C) groups is 1. The summed E-state index contributed by atoms with van der Waals surface area (Å²) in [5.74, 6) is 1.85. The molecule has 0 radical (unpaired) electrons. The lowest BCUT2D eigenvalue weighted by atomic mass is 10.0. The van der Waals surface area contributed by atoms with Gasteiger partial charge in [-0.2, -0.15) is 0 Å². The smallest absolute Gasteiger partial charge is 0.191 e. The highest BCUT2D eigenvalue weighted by molar-refractivity contribution is 14.0. The standard InChI is InChI=1S/C18H27N5O.HI/c1-14-22-15-7-4-5-8-16(15)23(14)11-10-20-17(19-3)21-13-18(2)9-6-12-24-18;/h4-5,7-8H,6,9-13H2,1-3H3,(H2,19,20,21);1H. The Morgan fingerprint density at radius 1 is 1.36 bits per heavy atom. The SMILES string of the molecule is CN=C(NCCn1c(C)nc2ccccc21)NCC1(C)CCCO1.I. The topological polar surface area (TPSA) is 63.5 Å². The highest BCUT2D eigenvalue weighted by atomic mass is 127. The minimum Gasteiger partial charge on any atom is -0.373 e. The van der Waals surface area contributed by atoms with E-state index in [4.69, 9.17) is 4.74 Å². The van der Waals surface area contributed by atoms with Crippen LogP contribution in [0.3, 0.4) is 0 Å². The Balaban J connectivity index is 0.00000225. The lowest BCUT2D eigenvalue weighted by Crippen LogP contribution is -2.46. The van der Waals surface area contributed by atoms with Gasteiger partial charge in [-0.3, -0.25) is 4.99 Å². The van der Waals surface area contributed by atoms with E-state index in [0.717, 1.165) is 56.4 Å². The highest BCUT2D eigenvalue weighted by Gasteiger charge is 2.29. The molecule has 1 aliphatic rings. The van der Waals surface area contributed by atoms with E-state index in [-0.39, 0.29) is 29.6 Å². The molecule has 1 aliphatic heterocycles. The Morgan fingerprint density at radius 3 is 2.88 bits per heavy atom. The van der Waals surface area contributed by atoms with Crippen molar-refractivity contribution in [2.45, 2.75) is 38.8 Å². The van der Waals surface area contributed by atoms with Crippen molar-refractivity contribution in [3.05, 3.63) is 30.1 Å². The molecule has 0 amide bonds. The van der Waals surface area contributed by atoms with E-state index in [1.54, 1.807) is 7.05 Å². The highest BCUT2D eigenvalue weighted by Crippen LogP contribution is 2.23. The van der Waals surface area contributed by atoms with E-state index in [1.165, 1.54) is 5.52 Å². The summed E-state index contributed by atoms with van der Waals surface area (Å²) in [5, 5.41) is 6.75. The molecule has 7 heteroatoms. The number of guanidine groups is 1. The average molecular weight is 457 g/mol. The summed E-state index contributed by atoms with van der Waals surface area (Å²) in [6.45, 7) is 7.47. The van der Waals surface area contributed by atoms with Gasteiger partial charge in [-0.25, -0.2) is 4.98 Å². The molecule has 1 fully saturated rings. The number of rotatable bonds is 5. The number of nitrogens with one attached hydrogen (secondary N) is 2. The number of imidazole rings is 1. The monoisotopic (exact) mass is 457 g/mol. The Kier molecular flexibility index (Phi) is 7.06. The number of ether oxygens (including phenoxy) is 1. The lowest BCUT2D eigenvalue weighted by molar-refractivity contribution is 0.0243. The van der Waals surface area contributed by atoms with E-state index < -0.39 is 0 Å². The van der Waals surface area contributed by atoms with Gasteiger partial charge in [0.1, 0.15) is 5.82 Å². The lowest BCUT2D eigenvalue weighted by Gasteiger charge is -2.24. The van der Waals surface area contributed by atoms with Crippen molar-refractivity contribution in [2.24, 2.45) is 4.99 Å².